The number of carbonyl (C=O) groups excluding carboxylic acids is 2. The number of hydrogen-bond acceptors (Lipinski definition) is 3. The lowest BCUT2D eigenvalue weighted by Crippen LogP contribution is -2.37. The topological polar surface area (TPSA) is 58.6 Å². The van der Waals surface area contributed by atoms with E-state index >= 15 is 0 Å². The zero-order chi connectivity index (χ0) is 11.3. The Hall–Kier alpha value is -1.70. The van der Waals surface area contributed by atoms with Crippen molar-refractivity contribution in [3.05, 3.63) is 0 Å². The van der Waals surface area contributed by atoms with Crippen molar-refractivity contribution in [3.8, 4) is 12.3 Å². The Morgan fingerprint density at radius 1 is 1.47 bits per heavy atom. The number of ether oxygens (including phenoxy) is 1. The van der Waals surface area contributed by atoms with Crippen LogP contribution in [0.2, 0.25) is 0 Å². The normalized spacial score (nSPS) is 16.7. The Morgan fingerprint density at radius 3 is 2.60 bits per heavy atom. The molecule has 0 spiro atoms. The van der Waals surface area contributed by atoms with Gasteiger partial charge in [-0.3, -0.25) is 0 Å². The van der Waals surface area contributed by atoms with E-state index in [1.807, 2.05) is 0 Å². The van der Waals surface area contributed by atoms with E-state index in [4.69, 9.17) is 6.42 Å². The molecule has 15 heavy (non-hydrogen) atoms. The first kappa shape index (κ1) is 11.4. The number of terminal acetylenes is 1. The Morgan fingerprint density at radius 2 is 2.07 bits per heavy atom. The Balaban J connectivity index is 2.31. The lowest BCUT2D eigenvalue weighted by Gasteiger charge is -2.14. The molecule has 1 fully saturated rings. The number of carbonyl (C=O) groups is 2. The van der Waals surface area contributed by atoms with Crippen molar-refractivity contribution in [3.63, 3.8) is 0 Å². The lowest BCUT2D eigenvalue weighted by atomic mass is 10.4. The molecule has 1 atom stereocenters. The van der Waals surface area contributed by atoms with Crippen LogP contribution in [0.3, 0.4) is 0 Å². The van der Waals surface area contributed by atoms with Crippen LogP contribution in [-0.2, 0) is 4.74 Å². The summed E-state index contributed by atoms with van der Waals surface area (Å²) < 4.78 is 4.55. The second kappa shape index (κ2) is 5.25. The van der Waals surface area contributed by atoms with Crippen LogP contribution in [0.4, 0.5) is 9.59 Å². The molecule has 0 aromatic rings. The number of amides is 2. The van der Waals surface area contributed by atoms with Crippen LogP contribution in [-0.4, -0.2) is 36.2 Å². The Labute approximate surface area is 88.8 Å². The van der Waals surface area contributed by atoms with Crippen molar-refractivity contribution >= 4 is 12.2 Å². The summed E-state index contributed by atoms with van der Waals surface area (Å²) in [5.74, 6) is 2.30. The van der Waals surface area contributed by atoms with Gasteiger partial charge in [-0.1, -0.05) is 5.92 Å². The highest BCUT2D eigenvalue weighted by Crippen LogP contribution is 2.08. The minimum absolute atomic E-state index is 0.441. The molecule has 1 heterocycles. The molecule has 2 amide bonds. The molecule has 0 bridgehead atoms. The predicted octanol–water partition coefficient (Wildman–Crippen LogP) is 0.950. The summed E-state index contributed by atoms with van der Waals surface area (Å²) in [6, 6.07) is -0.441. The van der Waals surface area contributed by atoms with E-state index in [1.165, 1.54) is 4.90 Å². The molecule has 1 aliphatic rings. The molecule has 1 N–H and O–H groups in total. The fourth-order valence-electron chi connectivity index (χ4n) is 1.29. The predicted molar refractivity (Wildman–Crippen MR) is 54.1 cm³/mol. The van der Waals surface area contributed by atoms with Gasteiger partial charge < -0.3 is 15.0 Å². The van der Waals surface area contributed by atoms with Gasteiger partial charge in [-0.2, -0.15) is 0 Å². The largest absolute Gasteiger partial charge is 0.418 e. The van der Waals surface area contributed by atoms with Crippen LogP contribution in [0.1, 0.15) is 19.8 Å². The molecular weight excluding hydrogens is 196 g/mol. The molecule has 0 aliphatic carbocycles. The van der Waals surface area contributed by atoms with Gasteiger partial charge in [0.15, 0.2) is 0 Å². The molecule has 82 valence electrons. The number of alkyl carbamates (subject to hydrolysis) is 1. The maximum atomic E-state index is 11.3. The van der Waals surface area contributed by atoms with Gasteiger partial charge in [-0.05, 0) is 19.8 Å². The molecule has 0 aromatic carbocycles. The summed E-state index contributed by atoms with van der Waals surface area (Å²) >= 11 is 0. The van der Waals surface area contributed by atoms with Crippen molar-refractivity contribution < 1.29 is 14.3 Å². The lowest BCUT2D eigenvalue weighted by molar-refractivity contribution is 0.124. The van der Waals surface area contributed by atoms with Crippen molar-refractivity contribution in [2.75, 3.05) is 13.1 Å². The zero-order valence-electron chi connectivity index (χ0n) is 8.66. The van der Waals surface area contributed by atoms with Crippen LogP contribution in [0.5, 0.6) is 0 Å². The molecule has 5 nitrogen and oxygen atoms in total. The van der Waals surface area contributed by atoms with Gasteiger partial charge in [0.1, 0.15) is 0 Å². The Kier molecular flexibility index (Phi) is 3.98. The Bertz CT molecular complexity index is 290. The average Bonchev–Trinajstić information content (AvgIpc) is 2.70. The molecule has 0 saturated carbocycles. The maximum Gasteiger partial charge on any atom is 0.418 e. The molecule has 5 heteroatoms. The van der Waals surface area contributed by atoms with E-state index in [-0.39, 0.29) is 0 Å². The van der Waals surface area contributed by atoms with Crippen molar-refractivity contribution in [2.45, 2.75) is 25.8 Å². The average molecular weight is 210 g/mol. The number of nitrogens with zero attached hydrogens (tertiary/aromatic N) is 1. The maximum absolute atomic E-state index is 11.3. The van der Waals surface area contributed by atoms with Gasteiger partial charge in [0.2, 0.25) is 0 Å². The van der Waals surface area contributed by atoms with E-state index < -0.39 is 18.2 Å². The first-order valence-corrected chi connectivity index (χ1v) is 4.87. The van der Waals surface area contributed by atoms with Gasteiger partial charge in [-0.15, -0.1) is 6.42 Å². The first-order chi connectivity index (χ1) is 7.13. The van der Waals surface area contributed by atoms with Gasteiger partial charge in [-0.25, -0.2) is 9.59 Å². The summed E-state index contributed by atoms with van der Waals surface area (Å²) in [6.45, 7) is 2.93. The highest BCUT2D eigenvalue weighted by molar-refractivity contribution is 5.83. The van der Waals surface area contributed by atoms with Gasteiger partial charge in [0.25, 0.3) is 0 Å². The van der Waals surface area contributed by atoms with Crippen LogP contribution in [0.15, 0.2) is 0 Å². The highest BCUT2D eigenvalue weighted by atomic mass is 16.6. The van der Waals surface area contributed by atoms with Crippen LogP contribution < -0.4 is 5.32 Å². The standard InChI is InChI=1S/C10H14N2O3/c1-3-8(2)11-9(13)15-10(14)12-6-4-5-7-12/h1,8H,4-7H2,2H3,(H,11,13). The molecule has 1 unspecified atom stereocenters. The van der Waals surface area contributed by atoms with E-state index in [0.717, 1.165) is 12.8 Å². The molecule has 1 rings (SSSR count). The minimum Gasteiger partial charge on any atom is -0.359 e. The molecular formula is C10H14N2O3. The monoisotopic (exact) mass is 210 g/mol. The van der Waals surface area contributed by atoms with Gasteiger partial charge in [0.05, 0.1) is 6.04 Å². The third-order valence-corrected chi connectivity index (χ3v) is 2.13. The van der Waals surface area contributed by atoms with Crippen molar-refractivity contribution in [2.24, 2.45) is 0 Å². The van der Waals surface area contributed by atoms with Crippen LogP contribution in [0, 0.1) is 12.3 Å². The SMILES string of the molecule is C#CC(C)NC(=O)OC(=O)N1CCCC1. The number of nitrogens with one attached hydrogen (secondary N) is 1. The van der Waals surface area contributed by atoms with Crippen LogP contribution in [0.25, 0.3) is 0 Å². The quantitative estimate of drug-likeness (QED) is 0.518. The number of likely N-dealkylation sites (tertiary alicyclic amines) is 1. The van der Waals surface area contributed by atoms with Crippen LogP contribution >= 0.6 is 0 Å². The van der Waals surface area contributed by atoms with Crippen molar-refractivity contribution in [1.29, 1.82) is 0 Å². The summed E-state index contributed by atoms with van der Waals surface area (Å²) in [7, 11) is 0. The van der Waals surface area contributed by atoms with E-state index in [9.17, 15) is 9.59 Å². The van der Waals surface area contributed by atoms with E-state index in [1.54, 1.807) is 6.92 Å². The first-order valence-electron chi connectivity index (χ1n) is 4.87. The second-order valence-electron chi connectivity index (χ2n) is 3.38. The molecule has 0 radical (unpaired) electrons. The van der Waals surface area contributed by atoms with Gasteiger partial charge in [0, 0.05) is 13.1 Å². The zero-order valence-corrected chi connectivity index (χ0v) is 8.66. The number of hydrogen-bond donors (Lipinski definition) is 1. The molecule has 1 saturated heterocycles. The van der Waals surface area contributed by atoms with E-state index in [2.05, 4.69) is 16.0 Å². The third-order valence-electron chi connectivity index (χ3n) is 2.13. The fourth-order valence-corrected chi connectivity index (χ4v) is 1.29. The van der Waals surface area contributed by atoms with Gasteiger partial charge >= 0.3 is 12.2 Å². The summed E-state index contributed by atoms with van der Waals surface area (Å²) in [4.78, 5) is 23.9. The number of rotatable bonds is 1. The molecule has 0 aromatic heterocycles. The summed E-state index contributed by atoms with van der Waals surface area (Å²) in [6.07, 6.45) is 5.57. The second-order valence-corrected chi connectivity index (χ2v) is 3.38. The third kappa shape index (κ3) is 3.50. The summed E-state index contributed by atoms with van der Waals surface area (Å²) in [5, 5.41) is 2.34. The fraction of sp³-hybridized carbons (Fsp3) is 0.600. The minimum atomic E-state index is -0.794. The summed E-state index contributed by atoms with van der Waals surface area (Å²) in [5.41, 5.74) is 0. The van der Waals surface area contributed by atoms with Crippen molar-refractivity contribution in [1.82, 2.24) is 10.2 Å². The highest BCUT2D eigenvalue weighted by Gasteiger charge is 2.22. The molecule has 1 aliphatic heterocycles. The smallest absolute Gasteiger partial charge is 0.359 e. The van der Waals surface area contributed by atoms with E-state index in [0.29, 0.717) is 13.1 Å².